The van der Waals surface area contributed by atoms with E-state index in [4.69, 9.17) is 4.74 Å². The third-order valence-electron chi connectivity index (χ3n) is 4.80. The molecule has 1 fully saturated rings. The fourth-order valence-corrected chi connectivity index (χ4v) is 4.10. The lowest BCUT2D eigenvalue weighted by Gasteiger charge is -2.28. The van der Waals surface area contributed by atoms with Gasteiger partial charge in [-0.2, -0.15) is 13.2 Å². The minimum absolute atomic E-state index is 0.155. The first-order chi connectivity index (χ1) is 14.7. The van der Waals surface area contributed by atoms with Gasteiger partial charge in [0.1, 0.15) is 16.7 Å². The molecule has 1 aromatic carbocycles. The summed E-state index contributed by atoms with van der Waals surface area (Å²) in [5.41, 5.74) is -0.0847. The van der Waals surface area contributed by atoms with Crippen LogP contribution in [0.2, 0.25) is 0 Å². The predicted octanol–water partition coefficient (Wildman–Crippen LogP) is 4.43. The number of hydrogen-bond donors (Lipinski definition) is 1. The second-order valence-electron chi connectivity index (χ2n) is 7.00. The average Bonchev–Trinajstić information content (AvgIpc) is 2.72. The first-order valence-corrected chi connectivity index (χ1v) is 10.8. The molecule has 1 aliphatic heterocycles. The third kappa shape index (κ3) is 5.68. The first kappa shape index (κ1) is 23.3. The van der Waals surface area contributed by atoms with E-state index in [1.807, 2.05) is 13.0 Å². The number of nitrogens with zero attached hydrogens (tertiary/aromatic N) is 2. The van der Waals surface area contributed by atoms with E-state index in [2.05, 4.69) is 15.2 Å². The number of benzene rings is 1. The molecule has 1 aliphatic rings. The fourth-order valence-electron chi connectivity index (χ4n) is 3.27. The summed E-state index contributed by atoms with van der Waals surface area (Å²) < 4.78 is 57.6. The lowest BCUT2D eigenvalue weighted by Crippen LogP contribution is -2.37. The Morgan fingerprint density at radius 2 is 1.97 bits per heavy atom. The number of halogens is 4. The Balaban J connectivity index is 1.81. The fraction of sp³-hybridized carbons (Fsp3) is 0.429. The normalized spacial score (nSPS) is 14.6. The molecule has 0 bridgehead atoms. The number of hydrogen-bond acceptors (Lipinski definition) is 5. The molecule has 168 valence electrons. The third-order valence-corrected chi connectivity index (χ3v) is 5.66. The van der Waals surface area contributed by atoms with Gasteiger partial charge in [-0.3, -0.25) is 4.79 Å². The number of morpholine rings is 1. The standard InChI is InChI=1S/C21H23F4N3O2S/c1-3-31-20-18(13(2)10-17(27-20)28-6-8-30-9-7-28)19(29)26-12-14-4-5-16(22)15(11-14)21(23,24)25/h4-5,10-11H,3,6-9,12H2,1-2H3,(H,26,29). The summed E-state index contributed by atoms with van der Waals surface area (Å²) in [4.78, 5) is 19.6. The molecule has 0 radical (unpaired) electrons. The van der Waals surface area contributed by atoms with Crippen molar-refractivity contribution in [1.29, 1.82) is 0 Å². The summed E-state index contributed by atoms with van der Waals surface area (Å²) in [6.45, 7) is 6.22. The van der Waals surface area contributed by atoms with Crippen LogP contribution >= 0.6 is 11.8 Å². The van der Waals surface area contributed by atoms with Crippen molar-refractivity contribution >= 4 is 23.5 Å². The topological polar surface area (TPSA) is 54.5 Å². The minimum atomic E-state index is -4.80. The summed E-state index contributed by atoms with van der Waals surface area (Å²) in [6.07, 6.45) is -4.80. The summed E-state index contributed by atoms with van der Waals surface area (Å²) in [7, 11) is 0. The molecule has 2 heterocycles. The molecule has 0 spiro atoms. The molecule has 0 aliphatic carbocycles. The number of amides is 1. The summed E-state index contributed by atoms with van der Waals surface area (Å²) in [5.74, 6) is -0.316. The maximum absolute atomic E-state index is 13.5. The number of ether oxygens (including phenoxy) is 1. The number of pyridine rings is 1. The van der Waals surface area contributed by atoms with Gasteiger partial charge in [-0.05, 0) is 42.0 Å². The van der Waals surface area contributed by atoms with Crippen LogP contribution in [0, 0.1) is 12.7 Å². The van der Waals surface area contributed by atoms with Crippen LogP contribution in [0.1, 0.15) is 34.0 Å². The number of thioether (sulfide) groups is 1. The van der Waals surface area contributed by atoms with E-state index < -0.39 is 23.5 Å². The molecule has 0 atom stereocenters. The van der Waals surface area contributed by atoms with E-state index in [9.17, 15) is 22.4 Å². The van der Waals surface area contributed by atoms with Crippen molar-refractivity contribution in [3.63, 3.8) is 0 Å². The van der Waals surface area contributed by atoms with Gasteiger partial charge in [-0.1, -0.05) is 13.0 Å². The van der Waals surface area contributed by atoms with Crippen molar-refractivity contribution < 1.29 is 27.1 Å². The number of anilines is 1. The van der Waals surface area contributed by atoms with Crippen LogP contribution in [0.25, 0.3) is 0 Å². The molecule has 31 heavy (non-hydrogen) atoms. The van der Waals surface area contributed by atoms with Gasteiger partial charge >= 0.3 is 6.18 Å². The van der Waals surface area contributed by atoms with Crippen LogP contribution in [-0.4, -0.2) is 42.9 Å². The second kappa shape index (κ2) is 9.86. The highest BCUT2D eigenvalue weighted by Gasteiger charge is 2.34. The number of carbonyl (C=O) groups excluding carboxylic acids is 1. The van der Waals surface area contributed by atoms with Gasteiger partial charge < -0.3 is 15.0 Å². The molecular formula is C21H23F4N3O2S. The van der Waals surface area contributed by atoms with Gasteiger partial charge in [-0.15, -0.1) is 11.8 Å². The molecule has 3 rings (SSSR count). The van der Waals surface area contributed by atoms with Crippen LogP contribution in [-0.2, 0) is 17.5 Å². The molecule has 1 saturated heterocycles. The minimum Gasteiger partial charge on any atom is -0.378 e. The number of alkyl halides is 3. The van der Waals surface area contributed by atoms with Crippen molar-refractivity contribution in [2.45, 2.75) is 31.6 Å². The van der Waals surface area contributed by atoms with E-state index in [-0.39, 0.29) is 12.1 Å². The van der Waals surface area contributed by atoms with Crippen molar-refractivity contribution in [1.82, 2.24) is 10.3 Å². The first-order valence-electron chi connectivity index (χ1n) is 9.81. The van der Waals surface area contributed by atoms with E-state index in [1.54, 1.807) is 6.92 Å². The average molecular weight is 457 g/mol. The van der Waals surface area contributed by atoms with Crippen LogP contribution in [0.4, 0.5) is 23.4 Å². The number of nitrogens with one attached hydrogen (secondary N) is 1. The molecule has 1 aromatic heterocycles. The Morgan fingerprint density at radius 3 is 2.61 bits per heavy atom. The number of aromatic nitrogens is 1. The molecule has 2 aromatic rings. The molecule has 1 N–H and O–H groups in total. The zero-order chi connectivity index (χ0) is 22.6. The van der Waals surface area contributed by atoms with Gasteiger partial charge in [0.25, 0.3) is 5.91 Å². The Morgan fingerprint density at radius 1 is 1.26 bits per heavy atom. The van der Waals surface area contributed by atoms with Gasteiger partial charge in [-0.25, -0.2) is 9.37 Å². The van der Waals surface area contributed by atoms with E-state index in [0.29, 0.717) is 48.7 Å². The Labute approximate surface area is 182 Å². The van der Waals surface area contributed by atoms with Gasteiger partial charge in [0, 0.05) is 19.6 Å². The van der Waals surface area contributed by atoms with Crippen LogP contribution < -0.4 is 10.2 Å². The van der Waals surface area contributed by atoms with Crippen molar-refractivity contribution in [3.8, 4) is 0 Å². The summed E-state index contributed by atoms with van der Waals surface area (Å²) in [6, 6.07) is 4.52. The zero-order valence-electron chi connectivity index (χ0n) is 17.2. The zero-order valence-corrected chi connectivity index (χ0v) is 18.0. The van der Waals surface area contributed by atoms with E-state index in [0.717, 1.165) is 17.4 Å². The molecule has 1 amide bonds. The Bertz CT molecular complexity index is 947. The highest BCUT2D eigenvalue weighted by molar-refractivity contribution is 7.99. The maximum Gasteiger partial charge on any atom is 0.419 e. The molecule has 5 nitrogen and oxygen atoms in total. The van der Waals surface area contributed by atoms with Crippen molar-refractivity contribution in [2.24, 2.45) is 0 Å². The highest BCUT2D eigenvalue weighted by atomic mass is 32.2. The van der Waals surface area contributed by atoms with Crippen LogP contribution in [0.3, 0.4) is 0 Å². The largest absolute Gasteiger partial charge is 0.419 e. The van der Waals surface area contributed by atoms with Crippen molar-refractivity contribution in [2.75, 3.05) is 37.0 Å². The lowest BCUT2D eigenvalue weighted by molar-refractivity contribution is -0.140. The molecule has 0 saturated carbocycles. The van der Waals surface area contributed by atoms with Gasteiger partial charge in [0.2, 0.25) is 0 Å². The Hall–Kier alpha value is -2.33. The van der Waals surface area contributed by atoms with Crippen molar-refractivity contribution in [3.05, 3.63) is 52.3 Å². The SMILES string of the molecule is CCSc1nc(N2CCOCC2)cc(C)c1C(=O)NCc1ccc(F)c(C(F)(F)F)c1. The monoisotopic (exact) mass is 457 g/mol. The van der Waals surface area contributed by atoms with E-state index in [1.165, 1.54) is 17.8 Å². The number of rotatable bonds is 6. The van der Waals surface area contributed by atoms with Crippen LogP contribution in [0.5, 0.6) is 0 Å². The summed E-state index contributed by atoms with van der Waals surface area (Å²) >= 11 is 1.42. The van der Waals surface area contributed by atoms with Gasteiger partial charge in [0.05, 0.1) is 24.3 Å². The van der Waals surface area contributed by atoms with Crippen LogP contribution in [0.15, 0.2) is 29.3 Å². The number of aryl methyl sites for hydroxylation is 1. The smallest absolute Gasteiger partial charge is 0.378 e. The predicted molar refractivity (Wildman–Crippen MR) is 111 cm³/mol. The summed E-state index contributed by atoms with van der Waals surface area (Å²) in [5, 5.41) is 3.20. The Kier molecular flexibility index (Phi) is 7.42. The number of carbonyl (C=O) groups is 1. The lowest BCUT2D eigenvalue weighted by atomic mass is 10.1. The second-order valence-corrected chi connectivity index (χ2v) is 8.26. The quantitative estimate of drug-likeness (QED) is 0.514. The van der Waals surface area contributed by atoms with E-state index >= 15 is 0 Å². The molecule has 0 unspecified atom stereocenters. The van der Waals surface area contributed by atoms with Gasteiger partial charge in [0.15, 0.2) is 0 Å². The molecule has 10 heteroatoms. The highest BCUT2D eigenvalue weighted by Crippen LogP contribution is 2.32. The molecular weight excluding hydrogens is 434 g/mol. The maximum atomic E-state index is 13.5.